The molecule has 0 aliphatic rings. The van der Waals surface area contributed by atoms with Crippen molar-refractivity contribution in [2.75, 3.05) is 12.4 Å². The largest absolute Gasteiger partial charge is 0.351 e. The number of amides is 2. The van der Waals surface area contributed by atoms with E-state index < -0.39 is 21.9 Å². The first-order valence-corrected chi connectivity index (χ1v) is 8.03. The molecule has 9 heteroatoms. The van der Waals surface area contributed by atoms with Crippen molar-refractivity contribution < 1.29 is 17.6 Å². The summed E-state index contributed by atoms with van der Waals surface area (Å²) in [7, 11) is -2.48. The number of hydrogen-bond donors (Lipinski definition) is 3. The van der Waals surface area contributed by atoms with E-state index >= 15 is 0 Å². The zero-order chi connectivity index (χ0) is 15.6. The molecule has 112 valence electrons. The van der Waals surface area contributed by atoms with Crippen LogP contribution in [0.5, 0.6) is 0 Å². The number of primary amides is 1. The highest BCUT2D eigenvalue weighted by molar-refractivity contribution is 7.91. The van der Waals surface area contributed by atoms with Gasteiger partial charge in [0.2, 0.25) is 0 Å². The number of sulfonamides is 1. The molecule has 0 saturated heterocycles. The minimum Gasteiger partial charge on any atom is -0.351 e. The Hall–Kier alpha value is -1.97. The minimum atomic E-state index is -3.75. The first-order chi connectivity index (χ1) is 9.83. The number of hydrogen-bond acceptors (Lipinski definition) is 4. The summed E-state index contributed by atoms with van der Waals surface area (Å²) in [6.45, 7) is 0. The van der Waals surface area contributed by atoms with Gasteiger partial charge in [-0.25, -0.2) is 22.3 Å². The van der Waals surface area contributed by atoms with Crippen molar-refractivity contribution in [1.82, 2.24) is 4.72 Å². The van der Waals surface area contributed by atoms with Crippen molar-refractivity contribution in [2.24, 2.45) is 5.73 Å². The van der Waals surface area contributed by atoms with Gasteiger partial charge in [0, 0.05) is 4.88 Å². The number of urea groups is 1. The monoisotopic (exact) mass is 329 g/mol. The zero-order valence-electron chi connectivity index (χ0n) is 10.9. The third-order valence-corrected chi connectivity index (χ3v) is 5.73. The van der Waals surface area contributed by atoms with Gasteiger partial charge >= 0.3 is 6.03 Å². The van der Waals surface area contributed by atoms with Crippen LogP contribution in [-0.2, 0) is 10.0 Å². The van der Waals surface area contributed by atoms with Crippen LogP contribution in [0.2, 0.25) is 0 Å². The standard InChI is InChI=1S/C12H12FN3O3S2/c1-15-21(18,19)11-9(16-12(14)17)6-10(20-11)7-2-4-8(13)5-3-7/h2-6,15H,1H3,(H3,14,16,17). The van der Waals surface area contributed by atoms with Crippen LogP contribution in [0.4, 0.5) is 14.9 Å². The maximum Gasteiger partial charge on any atom is 0.316 e. The summed E-state index contributed by atoms with van der Waals surface area (Å²) in [5.74, 6) is -0.395. The lowest BCUT2D eigenvalue weighted by Crippen LogP contribution is -2.23. The molecule has 0 aliphatic carbocycles. The molecule has 2 rings (SSSR count). The van der Waals surface area contributed by atoms with E-state index in [1.54, 1.807) is 0 Å². The van der Waals surface area contributed by atoms with Gasteiger partial charge in [-0.15, -0.1) is 11.3 Å². The molecule has 2 amide bonds. The van der Waals surface area contributed by atoms with Crippen molar-refractivity contribution in [3.8, 4) is 10.4 Å². The molecule has 21 heavy (non-hydrogen) atoms. The molecule has 0 atom stereocenters. The first-order valence-electron chi connectivity index (χ1n) is 5.73. The van der Waals surface area contributed by atoms with Gasteiger partial charge in [0.1, 0.15) is 5.82 Å². The van der Waals surface area contributed by atoms with Crippen LogP contribution in [0.1, 0.15) is 0 Å². The summed E-state index contributed by atoms with van der Waals surface area (Å²) in [5.41, 5.74) is 5.75. The maximum absolute atomic E-state index is 12.9. The summed E-state index contributed by atoms with van der Waals surface area (Å²) >= 11 is 0.949. The average Bonchev–Trinajstić information content (AvgIpc) is 2.83. The third kappa shape index (κ3) is 3.38. The van der Waals surface area contributed by atoms with E-state index in [1.807, 2.05) is 0 Å². The zero-order valence-corrected chi connectivity index (χ0v) is 12.5. The highest BCUT2D eigenvalue weighted by Crippen LogP contribution is 2.37. The van der Waals surface area contributed by atoms with E-state index in [-0.39, 0.29) is 9.90 Å². The van der Waals surface area contributed by atoms with E-state index in [9.17, 15) is 17.6 Å². The Labute approximate surface area is 124 Å². The van der Waals surface area contributed by atoms with Gasteiger partial charge in [0.25, 0.3) is 10.0 Å². The van der Waals surface area contributed by atoms with Crippen LogP contribution in [0.15, 0.2) is 34.5 Å². The fourth-order valence-electron chi connectivity index (χ4n) is 1.64. The van der Waals surface area contributed by atoms with E-state index in [2.05, 4.69) is 10.0 Å². The van der Waals surface area contributed by atoms with Crippen LogP contribution in [0, 0.1) is 5.82 Å². The Bertz CT molecular complexity index is 770. The molecule has 0 spiro atoms. The number of carbonyl (C=O) groups excluding carboxylic acids is 1. The van der Waals surface area contributed by atoms with E-state index in [4.69, 9.17) is 5.73 Å². The predicted octanol–water partition coefficient (Wildman–Crippen LogP) is 1.95. The Kier molecular flexibility index (Phi) is 4.26. The van der Waals surface area contributed by atoms with Crippen molar-refractivity contribution in [3.63, 3.8) is 0 Å². The third-order valence-electron chi connectivity index (χ3n) is 2.60. The predicted molar refractivity (Wildman–Crippen MR) is 79.2 cm³/mol. The minimum absolute atomic E-state index is 0.0666. The Morgan fingerprint density at radius 3 is 2.43 bits per heavy atom. The topological polar surface area (TPSA) is 101 Å². The van der Waals surface area contributed by atoms with Crippen LogP contribution in [0.3, 0.4) is 0 Å². The lowest BCUT2D eigenvalue weighted by atomic mass is 10.2. The van der Waals surface area contributed by atoms with Gasteiger partial charge in [-0.2, -0.15) is 0 Å². The van der Waals surface area contributed by atoms with Gasteiger partial charge in [-0.1, -0.05) is 12.1 Å². The highest BCUT2D eigenvalue weighted by Gasteiger charge is 2.22. The van der Waals surface area contributed by atoms with Gasteiger partial charge in [-0.3, -0.25) is 0 Å². The number of nitrogens with one attached hydrogen (secondary N) is 2. The summed E-state index contributed by atoms with van der Waals surface area (Å²) in [5, 5.41) is 2.27. The van der Waals surface area contributed by atoms with Gasteiger partial charge < -0.3 is 11.1 Å². The van der Waals surface area contributed by atoms with Crippen molar-refractivity contribution in [2.45, 2.75) is 4.21 Å². The summed E-state index contributed by atoms with van der Waals surface area (Å²) in [6.07, 6.45) is 0. The number of halogens is 1. The number of nitrogens with two attached hydrogens (primary N) is 1. The van der Waals surface area contributed by atoms with Crippen LogP contribution >= 0.6 is 11.3 Å². The van der Waals surface area contributed by atoms with Gasteiger partial charge in [-0.05, 0) is 30.8 Å². The van der Waals surface area contributed by atoms with E-state index in [1.165, 1.54) is 37.4 Å². The Morgan fingerprint density at radius 2 is 1.90 bits per heavy atom. The maximum atomic E-state index is 12.9. The molecule has 4 N–H and O–H groups in total. The molecule has 0 radical (unpaired) electrons. The number of anilines is 1. The second-order valence-electron chi connectivity index (χ2n) is 4.02. The summed E-state index contributed by atoms with van der Waals surface area (Å²) < 4.78 is 38.9. The molecule has 1 heterocycles. The Morgan fingerprint density at radius 1 is 1.29 bits per heavy atom. The molecule has 0 fully saturated rings. The number of thiophene rings is 1. The van der Waals surface area contributed by atoms with Crippen LogP contribution in [0.25, 0.3) is 10.4 Å². The highest BCUT2D eigenvalue weighted by atomic mass is 32.2. The molecule has 2 aromatic rings. The van der Waals surface area contributed by atoms with Crippen LogP contribution in [-0.4, -0.2) is 21.5 Å². The molecule has 1 aromatic heterocycles. The quantitative estimate of drug-likeness (QED) is 0.799. The summed E-state index contributed by atoms with van der Waals surface area (Å²) in [4.78, 5) is 11.5. The SMILES string of the molecule is CNS(=O)(=O)c1sc(-c2ccc(F)cc2)cc1NC(N)=O. The van der Waals surface area contributed by atoms with Crippen molar-refractivity contribution in [3.05, 3.63) is 36.1 Å². The molecule has 6 nitrogen and oxygen atoms in total. The van der Waals surface area contributed by atoms with Gasteiger partial charge in [0.05, 0.1) is 5.69 Å². The second-order valence-corrected chi connectivity index (χ2v) is 7.15. The van der Waals surface area contributed by atoms with Crippen LogP contribution < -0.4 is 15.8 Å². The number of benzene rings is 1. The molecule has 0 unspecified atom stereocenters. The average molecular weight is 329 g/mol. The molecule has 0 saturated carbocycles. The second kappa shape index (κ2) is 5.80. The summed E-state index contributed by atoms with van der Waals surface area (Å²) in [6, 6.07) is 6.18. The van der Waals surface area contributed by atoms with Crippen molar-refractivity contribution in [1.29, 1.82) is 0 Å². The molecule has 0 bridgehead atoms. The normalized spacial score (nSPS) is 11.3. The molecular weight excluding hydrogens is 317 g/mol. The molecule has 0 aliphatic heterocycles. The lowest BCUT2D eigenvalue weighted by Gasteiger charge is -2.03. The van der Waals surface area contributed by atoms with Crippen molar-refractivity contribution >= 4 is 33.1 Å². The van der Waals surface area contributed by atoms with Gasteiger partial charge in [0.15, 0.2) is 4.21 Å². The fraction of sp³-hybridized carbons (Fsp3) is 0.0833. The number of carbonyl (C=O) groups is 1. The van der Waals surface area contributed by atoms with E-state index in [0.29, 0.717) is 10.4 Å². The van der Waals surface area contributed by atoms with E-state index in [0.717, 1.165) is 11.3 Å². The molecular formula is C12H12FN3O3S2. The lowest BCUT2D eigenvalue weighted by molar-refractivity contribution is 0.259. The first kappa shape index (κ1) is 15.4. The number of rotatable bonds is 4. The smallest absolute Gasteiger partial charge is 0.316 e. The molecule has 1 aromatic carbocycles. The fourth-order valence-corrected chi connectivity index (χ4v) is 4.04. The Balaban J connectivity index is 2.55.